The maximum atomic E-state index is 12.4. The van der Waals surface area contributed by atoms with Gasteiger partial charge in [0.2, 0.25) is 0 Å². The van der Waals surface area contributed by atoms with Crippen molar-refractivity contribution >= 4 is 5.78 Å². The molecule has 1 aliphatic carbocycles. The summed E-state index contributed by atoms with van der Waals surface area (Å²) >= 11 is 0. The second-order valence-corrected chi connectivity index (χ2v) is 5.69. The number of carbonyl (C=O) groups excluding carboxylic acids is 1. The molecule has 1 saturated carbocycles. The summed E-state index contributed by atoms with van der Waals surface area (Å²) in [6.07, 6.45) is 6.70. The molecule has 0 amide bonds. The van der Waals surface area contributed by atoms with Crippen LogP contribution in [0.15, 0.2) is 24.3 Å². The third kappa shape index (κ3) is 3.22. The van der Waals surface area contributed by atoms with E-state index in [4.69, 9.17) is 0 Å². The molecule has 0 aromatic heterocycles. The Balaban J connectivity index is 2.02. The summed E-state index contributed by atoms with van der Waals surface area (Å²) in [5, 5.41) is 0. The molecule has 1 aliphatic rings. The number of Topliss-reactive ketones (excluding diaryl/α,β-unsaturated/α-hetero) is 1. The summed E-state index contributed by atoms with van der Waals surface area (Å²) in [6.45, 7) is 4.31. The first-order valence-corrected chi connectivity index (χ1v) is 7.29. The molecule has 1 nitrogen and oxygen atoms in total. The molecule has 0 radical (unpaired) electrons. The van der Waals surface area contributed by atoms with E-state index in [2.05, 4.69) is 38.1 Å². The maximum Gasteiger partial charge on any atom is 0.140 e. The summed E-state index contributed by atoms with van der Waals surface area (Å²) < 4.78 is 0. The van der Waals surface area contributed by atoms with Crippen molar-refractivity contribution < 1.29 is 4.79 Å². The van der Waals surface area contributed by atoms with Crippen LogP contribution >= 0.6 is 0 Å². The monoisotopic (exact) mass is 244 g/mol. The standard InChI is InChI=1S/C17H24O/c1-3-15-9-4-5-10-16(15)17(18)12-14-8-6-7-13(2)11-14/h6-8,11,15-16H,3-5,9-10,12H2,1-2H3. The van der Waals surface area contributed by atoms with Crippen LogP contribution < -0.4 is 0 Å². The van der Waals surface area contributed by atoms with E-state index < -0.39 is 0 Å². The summed E-state index contributed by atoms with van der Waals surface area (Å²) in [5.41, 5.74) is 2.43. The van der Waals surface area contributed by atoms with Gasteiger partial charge in [0.1, 0.15) is 5.78 Å². The molecule has 0 saturated heterocycles. The van der Waals surface area contributed by atoms with Gasteiger partial charge in [-0.25, -0.2) is 0 Å². The molecule has 0 aliphatic heterocycles. The Morgan fingerprint density at radius 2 is 2.06 bits per heavy atom. The lowest BCUT2D eigenvalue weighted by Gasteiger charge is -2.29. The average molecular weight is 244 g/mol. The van der Waals surface area contributed by atoms with Gasteiger partial charge in [-0.2, -0.15) is 0 Å². The Morgan fingerprint density at radius 1 is 1.28 bits per heavy atom. The molecule has 18 heavy (non-hydrogen) atoms. The van der Waals surface area contributed by atoms with Crippen LogP contribution in [0.3, 0.4) is 0 Å². The van der Waals surface area contributed by atoms with E-state index in [0.29, 0.717) is 24.0 Å². The van der Waals surface area contributed by atoms with Crippen molar-refractivity contribution in [3.8, 4) is 0 Å². The largest absolute Gasteiger partial charge is 0.299 e. The highest BCUT2D eigenvalue weighted by atomic mass is 16.1. The van der Waals surface area contributed by atoms with Crippen molar-refractivity contribution in [1.29, 1.82) is 0 Å². The normalized spacial score (nSPS) is 23.9. The number of benzene rings is 1. The molecule has 2 unspecified atom stereocenters. The topological polar surface area (TPSA) is 17.1 Å². The Morgan fingerprint density at radius 3 is 2.78 bits per heavy atom. The van der Waals surface area contributed by atoms with Crippen molar-refractivity contribution in [2.45, 2.75) is 52.4 Å². The molecule has 1 aromatic rings. The summed E-state index contributed by atoms with van der Waals surface area (Å²) in [6, 6.07) is 8.36. The minimum atomic E-state index is 0.323. The smallest absolute Gasteiger partial charge is 0.140 e. The van der Waals surface area contributed by atoms with Crippen LogP contribution in [0.1, 0.15) is 50.2 Å². The molecule has 2 rings (SSSR count). The highest BCUT2D eigenvalue weighted by molar-refractivity contribution is 5.83. The van der Waals surface area contributed by atoms with Gasteiger partial charge in [0, 0.05) is 12.3 Å². The van der Waals surface area contributed by atoms with E-state index >= 15 is 0 Å². The van der Waals surface area contributed by atoms with Crippen molar-refractivity contribution in [2.75, 3.05) is 0 Å². The average Bonchev–Trinajstić information content (AvgIpc) is 2.38. The molecular formula is C17H24O. The van der Waals surface area contributed by atoms with Gasteiger partial charge in [-0.15, -0.1) is 0 Å². The molecule has 1 aromatic carbocycles. The highest BCUT2D eigenvalue weighted by Gasteiger charge is 2.29. The molecule has 0 bridgehead atoms. The predicted molar refractivity (Wildman–Crippen MR) is 75.6 cm³/mol. The number of aryl methyl sites for hydroxylation is 1. The fourth-order valence-corrected chi connectivity index (χ4v) is 3.27. The second-order valence-electron chi connectivity index (χ2n) is 5.69. The van der Waals surface area contributed by atoms with Crippen LogP contribution in [0.2, 0.25) is 0 Å². The zero-order chi connectivity index (χ0) is 13.0. The number of ketones is 1. The van der Waals surface area contributed by atoms with Gasteiger partial charge in [-0.05, 0) is 31.2 Å². The molecular weight excluding hydrogens is 220 g/mol. The first-order chi connectivity index (χ1) is 8.70. The third-order valence-electron chi connectivity index (χ3n) is 4.31. The Bertz CT molecular complexity index is 408. The van der Waals surface area contributed by atoms with Gasteiger partial charge < -0.3 is 0 Å². The molecule has 0 heterocycles. The number of carbonyl (C=O) groups is 1. The number of hydrogen-bond donors (Lipinski definition) is 0. The lowest BCUT2D eigenvalue weighted by atomic mass is 9.74. The van der Waals surface area contributed by atoms with Crippen LogP contribution in [0.4, 0.5) is 0 Å². The van der Waals surface area contributed by atoms with Crippen LogP contribution in [-0.4, -0.2) is 5.78 Å². The minimum Gasteiger partial charge on any atom is -0.299 e. The van der Waals surface area contributed by atoms with E-state index in [-0.39, 0.29) is 0 Å². The lowest BCUT2D eigenvalue weighted by Crippen LogP contribution is -2.28. The zero-order valence-electron chi connectivity index (χ0n) is 11.6. The summed E-state index contributed by atoms with van der Waals surface area (Å²) in [5.74, 6) is 1.42. The quantitative estimate of drug-likeness (QED) is 0.770. The molecule has 0 N–H and O–H groups in total. The van der Waals surface area contributed by atoms with E-state index in [9.17, 15) is 4.79 Å². The van der Waals surface area contributed by atoms with Gasteiger partial charge >= 0.3 is 0 Å². The number of hydrogen-bond acceptors (Lipinski definition) is 1. The fraction of sp³-hybridized carbons (Fsp3) is 0.588. The Labute approximate surface area is 111 Å². The molecule has 2 atom stereocenters. The molecule has 1 heteroatoms. The van der Waals surface area contributed by atoms with E-state index in [0.717, 1.165) is 12.8 Å². The first-order valence-electron chi connectivity index (χ1n) is 7.29. The van der Waals surface area contributed by atoms with Crippen LogP contribution in [0.25, 0.3) is 0 Å². The first kappa shape index (κ1) is 13.3. The highest BCUT2D eigenvalue weighted by Crippen LogP contribution is 2.33. The van der Waals surface area contributed by atoms with Gasteiger partial charge in [-0.1, -0.05) is 56.0 Å². The zero-order valence-corrected chi connectivity index (χ0v) is 11.6. The second kappa shape index (κ2) is 6.17. The molecule has 98 valence electrons. The van der Waals surface area contributed by atoms with Gasteiger partial charge in [0.15, 0.2) is 0 Å². The van der Waals surface area contributed by atoms with Crippen molar-refractivity contribution in [1.82, 2.24) is 0 Å². The maximum absolute atomic E-state index is 12.4. The summed E-state index contributed by atoms with van der Waals surface area (Å²) in [7, 11) is 0. The Kier molecular flexibility index (Phi) is 4.57. The van der Waals surface area contributed by atoms with Crippen LogP contribution in [0.5, 0.6) is 0 Å². The van der Waals surface area contributed by atoms with E-state index in [1.165, 1.54) is 30.4 Å². The van der Waals surface area contributed by atoms with Crippen molar-refractivity contribution in [3.63, 3.8) is 0 Å². The van der Waals surface area contributed by atoms with Crippen LogP contribution in [-0.2, 0) is 11.2 Å². The minimum absolute atomic E-state index is 0.323. The summed E-state index contributed by atoms with van der Waals surface area (Å²) in [4.78, 5) is 12.4. The van der Waals surface area contributed by atoms with Gasteiger partial charge in [-0.3, -0.25) is 4.79 Å². The van der Waals surface area contributed by atoms with Crippen molar-refractivity contribution in [2.24, 2.45) is 11.8 Å². The number of rotatable bonds is 4. The van der Waals surface area contributed by atoms with Gasteiger partial charge in [0.05, 0.1) is 0 Å². The molecule has 0 spiro atoms. The third-order valence-corrected chi connectivity index (χ3v) is 4.31. The van der Waals surface area contributed by atoms with Crippen molar-refractivity contribution in [3.05, 3.63) is 35.4 Å². The predicted octanol–water partition coefficient (Wildman–Crippen LogP) is 4.32. The van der Waals surface area contributed by atoms with E-state index in [1.54, 1.807) is 0 Å². The SMILES string of the molecule is CCC1CCCCC1C(=O)Cc1cccc(C)c1. The molecule has 1 fully saturated rings. The van der Waals surface area contributed by atoms with Gasteiger partial charge in [0.25, 0.3) is 0 Å². The lowest BCUT2D eigenvalue weighted by molar-refractivity contribution is -0.125. The Hall–Kier alpha value is -1.11. The van der Waals surface area contributed by atoms with Crippen LogP contribution in [0, 0.1) is 18.8 Å². The van der Waals surface area contributed by atoms with E-state index in [1.807, 2.05) is 0 Å². The fourth-order valence-electron chi connectivity index (χ4n) is 3.27.